The second-order valence-corrected chi connectivity index (χ2v) is 4.72. The quantitative estimate of drug-likeness (QED) is 0.615. The number of pyridine rings is 1. The van der Waals surface area contributed by atoms with Crippen LogP contribution in [0.2, 0.25) is 0 Å². The van der Waals surface area contributed by atoms with E-state index in [2.05, 4.69) is 28.6 Å². The van der Waals surface area contributed by atoms with Gasteiger partial charge in [0.2, 0.25) is 0 Å². The van der Waals surface area contributed by atoms with Crippen molar-refractivity contribution in [1.82, 2.24) is 9.88 Å². The fourth-order valence-corrected chi connectivity index (χ4v) is 2.42. The monoisotopic (exact) mass is 247 g/mol. The summed E-state index contributed by atoms with van der Waals surface area (Å²) in [7, 11) is 0. The van der Waals surface area contributed by atoms with Crippen LogP contribution in [0.5, 0.6) is 0 Å². The number of hydrogen-bond acceptors (Lipinski definition) is 4. The normalized spacial score (nSPS) is 21.0. The first kappa shape index (κ1) is 12.8. The number of amidine groups is 1. The molecule has 1 unspecified atom stereocenters. The van der Waals surface area contributed by atoms with Crippen LogP contribution in [0.15, 0.2) is 18.2 Å². The summed E-state index contributed by atoms with van der Waals surface area (Å²) in [6, 6.07) is 6.21. The Hall–Kier alpha value is -1.62. The van der Waals surface area contributed by atoms with Crippen LogP contribution >= 0.6 is 0 Å². The van der Waals surface area contributed by atoms with E-state index >= 15 is 0 Å². The molecule has 18 heavy (non-hydrogen) atoms. The molecule has 1 aromatic rings. The molecule has 0 spiro atoms. The Labute approximate surface area is 108 Å². The molecule has 0 radical (unpaired) electrons. The van der Waals surface area contributed by atoms with Gasteiger partial charge in [0.05, 0.1) is 0 Å². The van der Waals surface area contributed by atoms with Crippen LogP contribution in [0, 0.1) is 5.41 Å². The fourth-order valence-electron chi connectivity index (χ4n) is 2.42. The molecule has 1 atom stereocenters. The molecule has 0 bridgehead atoms. The molecule has 2 heterocycles. The average molecular weight is 247 g/mol. The second-order valence-electron chi connectivity index (χ2n) is 4.72. The van der Waals surface area contributed by atoms with Crippen molar-refractivity contribution in [2.24, 2.45) is 5.73 Å². The van der Waals surface area contributed by atoms with E-state index in [9.17, 15) is 0 Å². The topological polar surface area (TPSA) is 69.2 Å². The van der Waals surface area contributed by atoms with E-state index in [-0.39, 0.29) is 5.84 Å². The molecule has 0 saturated carbocycles. The predicted molar refractivity (Wildman–Crippen MR) is 74.2 cm³/mol. The largest absolute Gasteiger partial charge is 0.382 e. The Morgan fingerprint density at radius 1 is 1.50 bits per heavy atom. The number of anilines is 1. The van der Waals surface area contributed by atoms with Gasteiger partial charge in [-0.25, -0.2) is 4.98 Å². The molecule has 5 heteroatoms. The number of likely N-dealkylation sites (N-methyl/N-ethyl adjacent to an activating group) is 1. The molecule has 3 N–H and O–H groups in total. The van der Waals surface area contributed by atoms with Crippen molar-refractivity contribution < 1.29 is 0 Å². The molecular formula is C13H21N5. The van der Waals surface area contributed by atoms with Crippen LogP contribution < -0.4 is 10.6 Å². The summed E-state index contributed by atoms with van der Waals surface area (Å²) < 4.78 is 0. The van der Waals surface area contributed by atoms with Gasteiger partial charge >= 0.3 is 0 Å². The van der Waals surface area contributed by atoms with Crippen LogP contribution in [-0.4, -0.2) is 47.9 Å². The molecule has 1 aliphatic rings. The lowest BCUT2D eigenvalue weighted by Crippen LogP contribution is -2.52. The van der Waals surface area contributed by atoms with Gasteiger partial charge in [0.15, 0.2) is 0 Å². The highest BCUT2D eigenvalue weighted by molar-refractivity contribution is 5.93. The fraction of sp³-hybridized carbons (Fsp3) is 0.538. The highest BCUT2D eigenvalue weighted by Gasteiger charge is 2.23. The van der Waals surface area contributed by atoms with E-state index in [1.54, 1.807) is 6.07 Å². The van der Waals surface area contributed by atoms with Gasteiger partial charge in [0, 0.05) is 25.7 Å². The molecule has 2 rings (SSSR count). The Bertz CT molecular complexity index is 431. The molecule has 1 aromatic heterocycles. The lowest BCUT2D eigenvalue weighted by Gasteiger charge is -2.40. The zero-order chi connectivity index (χ0) is 13.1. The lowest BCUT2D eigenvalue weighted by molar-refractivity contribution is 0.199. The van der Waals surface area contributed by atoms with Gasteiger partial charge in [-0.3, -0.25) is 10.3 Å². The minimum atomic E-state index is 0.0251. The highest BCUT2D eigenvalue weighted by Crippen LogP contribution is 2.17. The van der Waals surface area contributed by atoms with E-state index in [1.807, 2.05) is 12.1 Å². The standard InChI is InChI=1S/C13H21N5/c1-3-17-7-8-18(9-10(17)2)12-6-4-5-11(16-12)13(14)15/h4-6,10H,3,7-9H2,1-2H3,(H3,14,15). The number of nitrogens with zero attached hydrogens (tertiary/aromatic N) is 3. The first-order valence-electron chi connectivity index (χ1n) is 6.42. The van der Waals surface area contributed by atoms with Gasteiger partial charge in [0.25, 0.3) is 0 Å². The Morgan fingerprint density at radius 2 is 2.28 bits per heavy atom. The van der Waals surface area contributed by atoms with Crippen molar-refractivity contribution in [2.75, 3.05) is 31.1 Å². The number of aromatic nitrogens is 1. The zero-order valence-electron chi connectivity index (χ0n) is 11.1. The number of nitrogens with two attached hydrogens (primary N) is 1. The number of rotatable bonds is 3. The van der Waals surface area contributed by atoms with Crippen LogP contribution in [0.25, 0.3) is 0 Å². The van der Waals surface area contributed by atoms with Crippen molar-refractivity contribution in [2.45, 2.75) is 19.9 Å². The molecule has 0 aliphatic carbocycles. The van der Waals surface area contributed by atoms with Gasteiger partial charge in [-0.1, -0.05) is 13.0 Å². The number of piperazine rings is 1. The molecule has 1 fully saturated rings. The third-order valence-corrected chi connectivity index (χ3v) is 3.51. The molecule has 1 aliphatic heterocycles. The zero-order valence-corrected chi connectivity index (χ0v) is 11.1. The summed E-state index contributed by atoms with van der Waals surface area (Å²) in [5, 5.41) is 7.44. The summed E-state index contributed by atoms with van der Waals surface area (Å²) in [6.07, 6.45) is 0. The summed E-state index contributed by atoms with van der Waals surface area (Å²) in [5.41, 5.74) is 6.03. The molecule has 0 aromatic carbocycles. The minimum absolute atomic E-state index is 0.0251. The van der Waals surface area contributed by atoms with E-state index < -0.39 is 0 Å². The van der Waals surface area contributed by atoms with Crippen molar-refractivity contribution in [1.29, 1.82) is 5.41 Å². The Morgan fingerprint density at radius 3 is 2.89 bits per heavy atom. The van der Waals surface area contributed by atoms with E-state index in [0.717, 1.165) is 32.0 Å². The van der Waals surface area contributed by atoms with Gasteiger partial charge < -0.3 is 10.6 Å². The van der Waals surface area contributed by atoms with Gasteiger partial charge in [-0.2, -0.15) is 0 Å². The predicted octanol–water partition coefficient (Wildman–Crippen LogP) is 0.896. The average Bonchev–Trinajstić information content (AvgIpc) is 2.38. The van der Waals surface area contributed by atoms with Crippen LogP contribution in [0.1, 0.15) is 19.5 Å². The Balaban J connectivity index is 2.13. The Kier molecular flexibility index (Phi) is 3.81. The summed E-state index contributed by atoms with van der Waals surface area (Å²) in [5.74, 6) is 0.947. The van der Waals surface area contributed by atoms with Crippen LogP contribution in [-0.2, 0) is 0 Å². The van der Waals surface area contributed by atoms with E-state index in [0.29, 0.717) is 11.7 Å². The summed E-state index contributed by atoms with van der Waals surface area (Å²) >= 11 is 0. The smallest absolute Gasteiger partial charge is 0.141 e. The first-order valence-corrected chi connectivity index (χ1v) is 6.42. The van der Waals surface area contributed by atoms with Crippen LogP contribution in [0.4, 0.5) is 5.82 Å². The number of nitrogens with one attached hydrogen (secondary N) is 1. The van der Waals surface area contributed by atoms with Gasteiger partial charge in [-0.05, 0) is 25.6 Å². The highest BCUT2D eigenvalue weighted by atomic mass is 15.3. The minimum Gasteiger partial charge on any atom is -0.382 e. The third-order valence-electron chi connectivity index (χ3n) is 3.51. The molecule has 5 nitrogen and oxygen atoms in total. The summed E-state index contributed by atoms with van der Waals surface area (Å²) in [6.45, 7) is 8.54. The molecular weight excluding hydrogens is 226 g/mol. The maximum atomic E-state index is 7.44. The van der Waals surface area contributed by atoms with Crippen molar-refractivity contribution in [3.63, 3.8) is 0 Å². The number of hydrogen-bond donors (Lipinski definition) is 2. The van der Waals surface area contributed by atoms with Gasteiger partial charge in [0.1, 0.15) is 17.3 Å². The second kappa shape index (κ2) is 5.35. The maximum absolute atomic E-state index is 7.44. The molecule has 98 valence electrons. The SMILES string of the molecule is CCN1CCN(c2cccc(C(=N)N)n2)CC1C. The summed E-state index contributed by atoms with van der Waals surface area (Å²) in [4.78, 5) is 9.17. The van der Waals surface area contributed by atoms with Crippen molar-refractivity contribution >= 4 is 11.7 Å². The molecule has 0 amide bonds. The molecule has 1 saturated heterocycles. The van der Waals surface area contributed by atoms with E-state index in [1.165, 1.54) is 0 Å². The van der Waals surface area contributed by atoms with E-state index in [4.69, 9.17) is 11.1 Å². The first-order chi connectivity index (χ1) is 8.61. The number of nitrogen functional groups attached to an aromatic ring is 1. The van der Waals surface area contributed by atoms with Crippen molar-refractivity contribution in [3.05, 3.63) is 23.9 Å². The van der Waals surface area contributed by atoms with Crippen molar-refractivity contribution in [3.8, 4) is 0 Å². The lowest BCUT2D eigenvalue weighted by atomic mass is 10.2. The van der Waals surface area contributed by atoms with Gasteiger partial charge in [-0.15, -0.1) is 0 Å². The third kappa shape index (κ3) is 2.61. The maximum Gasteiger partial charge on any atom is 0.141 e. The van der Waals surface area contributed by atoms with Crippen LogP contribution in [0.3, 0.4) is 0 Å².